The van der Waals surface area contributed by atoms with Crippen molar-refractivity contribution in [2.45, 2.75) is 25.3 Å². The predicted molar refractivity (Wildman–Crippen MR) is 44.0 cm³/mol. The third kappa shape index (κ3) is 3.60. The van der Waals surface area contributed by atoms with Gasteiger partial charge in [-0.25, -0.2) is 4.68 Å². The molecule has 0 fully saturated rings. The second-order valence-corrected chi connectivity index (χ2v) is 3.30. The molecule has 1 rings (SSSR count). The number of hydrogen-bond donors (Lipinski definition) is 1. The van der Waals surface area contributed by atoms with Crippen LogP contribution in [0.15, 0.2) is 0 Å². The van der Waals surface area contributed by atoms with Gasteiger partial charge in [0.05, 0.1) is 6.42 Å². The number of hydrogen-bond acceptors (Lipinski definition) is 3. The molecule has 0 bridgehead atoms. The predicted octanol–water partition coefficient (Wildman–Crippen LogP) is 0.887. The molecular weight excluding hydrogens is 270 g/mol. The summed E-state index contributed by atoms with van der Waals surface area (Å²) in [7, 11) is 0. The van der Waals surface area contributed by atoms with Gasteiger partial charge >= 0.3 is 12.4 Å². The van der Waals surface area contributed by atoms with Gasteiger partial charge in [0.15, 0.2) is 5.69 Å². The molecule has 1 amide bonds. The lowest BCUT2D eigenvalue weighted by molar-refractivity contribution is -0.161. The van der Waals surface area contributed by atoms with Crippen LogP contribution in [0, 0.1) is 0 Å². The van der Waals surface area contributed by atoms with Crippen molar-refractivity contribution >= 4 is 5.91 Å². The van der Waals surface area contributed by atoms with Gasteiger partial charge in [-0.3, -0.25) is 4.79 Å². The average molecular weight is 276 g/mol. The van der Waals surface area contributed by atoms with Crippen LogP contribution in [0.25, 0.3) is 0 Å². The maximum atomic E-state index is 12.5. The van der Waals surface area contributed by atoms with Gasteiger partial charge in [-0.15, -0.1) is 5.10 Å². The van der Waals surface area contributed by atoms with E-state index in [1.807, 2.05) is 0 Å². The molecule has 1 heterocycles. The van der Waals surface area contributed by atoms with Crippen LogP contribution in [0.1, 0.15) is 11.4 Å². The number of rotatable bonds is 3. The Morgan fingerprint density at radius 3 is 2.17 bits per heavy atom. The summed E-state index contributed by atoms with van der Waals surface area (Å²) in [6.45, 7) is -1.95. The standard InChI is InChI=1S/C7H6F6N4O/c8-6(9,10)2-17-5(7(11,12)13)3(15-16-17)1-4(14)18/h1-2H2,(H2,14,18). The van der Waals surface area contributed by atoms with Crippen molar-refractivity contribution in [3.8, 4) is 0 Å². The number of aromatic nitrogens is 3. The van der Waals surface area contributed by atoms with E-state index in [1.54, 1.807) is 0 Å². The van der Waals surface area contributed by atoms with Gasteiger partial charge < -0.3 is 5.73 Å². The average Bonchev–Trinajstić information content (AvgIpc) is 2.42. The van der Waals surface area contributed by atoms with E-state index in [0.717, 1.165) is 0 Å². The Morgan fingerprint density at radius 2 is 1.78 bits per heavy atom. The number of carbonyl (C=O) groups is 1. The SMILES string of the molecule is NC(=O)Cc1nnn(CC(F)(F)F)c1C(F)(F)F. The highest BCUT2D eigenvalue weighted by Gasteiger charge is 2.42. The largest absolute Gasteiger partial charge is 0.434 e. The normalized spacial score (nSPS) is 12.8. The minimum absolute atomic E-state index is 0.349. The third-order valence-corrected chi connectivity index (χ3v) is 1.74. The van der Waals surface area contributed by atoms with E-state index in [-0.39, 0.29) is 4.68 Å². The molecule has 0 aliphatic heterocycles. The highest BCUT2D eigenvalue weighted by Crippen LogP contribution is 2.32. The fourth-order valence-electron chi connectivity index (χ4n) is 1.22. The Kier molecular flexibility index (Phi) is 3.53. The number of carbonyl (C=O) groups excluding carboxylic acids is 1. The van der Waals surface area contributed by atoms with Crippen molar-refractivity contribution in [1.29, 1.82) is 0 Å². The minimum atomic E-state index is -5.11. The molecule has 0 unspecified atom stereocenters. The first-order chi connectivity index (χ1) is 8.00. The summed E-state index contributed by atoms with van der Waals surface area (Å²) in [6, 6.07) is 0. The Morgan fingerprint density at radius 1 is 1.22 bits per heavy atom. The fourth-order valence-corrected chi connectivity index (χ4v) is 1.22. The van der Waals surface area contributed by atoms with Crippen LogP contribution in [0.2, 0.25) is 0 Å². The Bertz CT molecular complexity index is 448. The van der Waals surface area contributed by atoms with E-state index in [0.29, 0.717) is 0 Å². The molecule has 102 valence electrons. The van der Waals surface area contributed by atoms with Gasteiger partial charge in [0.1, 0.15) is 12.2 Å². The first-order valence-corrected chi connectivity index (χ1v) is 4.35. The van der Waals surface area contributed by atoms with Crippen LogP contribution in [0.3, 0.4) is 0 Å². The maximum Gasteiger partial charge on any atom is 0.434 e. The maximum absolute atomic E-state index is 12.5. The van der Waals surface area contributed by atoms with Crippen LogP contribution in [0.4, 0.5) is 26.3 Å². The number of halogens is 6. The van der Waals surface area contributed by atoms with Gasteiger partial charge in [0, 0.05) is 0 Å². The first-order valence-electron chi connectivity index (χ1n) is 4.35. The molecule has 0 saturated carbocycles. The van der Waals surface area contributed by atoms with E-state index in [2.05, 4.69) is 16.0 Å². The van der Waals surface area contributed by atoms with Crippen LogP contribution in [0.5, 0.6) is 0 Å². The number of amides is 1. The van der Waals surface area contributed by atoms with Crippen molar-refractivity contribution < 1.29 is 31.1 Å². The summed E-state index contributed by atoms with van der Waals surface area (Å²) in [5, 5.41) is 5.64. The zero-order chi connectivity index (χ0) is 14.1. The quantitative estimate of drug-likeness (QED) is 0.833. The Labute approximate surface area is 95.5 Å². The second kappa shape index (κ2) is 4.46. The molecule has 11 heteroatoms. The Hall–Kier alpha value is -1.81. The summed E-state index contributed by atoms with van der Waals surface area (Å²) < 4.78 is 73.4. The van der Waals surface area contributed by atoms with Gasteiger partial charge in [-0.05, 0) is 0 Å². The molecular formula is C7H6F6N4O. The molecule has 1 aromatic rings. The molecule has 0 aliphatic carbocycles. The number of alkyl halides is 6. The van der Waals surface area contributed by atoms with E-state index in [9.17, 15) is 31.1 Å². The number of nitrogens with zero attached hydrogens (tertiary/aromatic N) is 3. The lowest BCUT2D eigenvalue weighted by Gasteiger charge is -2.12. The summed E-state index contributed by atoms with van der Waals surface area (Å²) >= 11 is 0. The van der Waals surface area contributed by atoms with Crippen molar-refractivity contribution in [3.63, 3.8) is 0 Å². The third-order valence-electron chi connectivity index (χ3n) is 1.74. The lowest BCUT2D eigenvalue weighted by Crippen LogP contribution is -2.25. The van der Waals surface area contributed by atoms with Crippen molar-refractivity contribution in [2.75, 3.05) is 0 Å². The number of primary amides is 1. The highest BCUT2D eigenvalue weighted by atomic mass is 19.4. The van der Waals surface area contributed by atoms with Crippen LogP contribution >= 0.6 is 0 Å². The number of nitrogens with two attached hydrogens (primary N) is 1. The minimum Gasteiger partial charge on any atom is -0.369 e. The van der Waals surface area contributed by atoms with E-state index < -0.39 is 42.6 Å². The van der Waals surface area contributed by atoms with Gasteiger partial charge in [-0.1, -0.05) is 5.21 Å². The molecule has 0 aromatic carbocycles. The van der Waals surface area contributed by atoms with Gasteiger partial charge in [0.25, 0.3) is 0 Å². The summed E-state index contributed by atoms with van der Waals surface area (Å²) in [5.74, 6) is -1.15. The Balaban J connectivity index is 3.20. The summed E-state index contributed by atoms with van der Waals surface area (Å²) in [4.78, 5) is 10.5. The van der Waals surface area contributed by atoms with Crippen molar-refractivity contribution in [2.24, 2.45) is 5.73 Å². The molecule has 0 radical (unpaired) electrons. The van der Waals surface area contributed by atoms with Crippen molar-refractivity contribution in [3.05, 3.63) is 11.4 Å². The van der Waals surface area contributed by atoms with Gasteiger partial charge in [0.2, 0.25) is 5.91 Å². The molecule has 0 aliphatic rings. The smallest absolute Gasteiger partial charge is 0.369 e. The second-order valence-electron chi connectivity index (χ2n) is 3.30. The molecule has 1 aromatic heterocycles. The molecule has 2 N–H and O–H groups in total. The monoisotopic (exact) mass is 276 g/mol. The van der Waals surface area contributed by atoms with Crippen molar-refractivity contribution in [1.82, 2.24) is 15.0 Å². The fraction of sp³-hybridized carbons (Fsp3) is 0.571. The van der Waals surface area contributed by atoms with E-state index >= 15 is 0 Å². The summed E-state index contributed by atoms with van der Waals surface area (Å²) in [6.07, 6.45) is -10.9. The summed E-state index contributed by atoms with van der Waals surface area (Å²) in [5.41, 5.74) is 2.01. The molecule has 18 heavy (non-hydrogen) atoms. The molecule has 5 nitrogen and oxygen atoms in total. The molecule has 0 atom stereocenters. The van der Waals surface area contributed by atoms with Crippen LogP contribution < -0.4 is 5.73 Å². The zero-order valence-electron chi connectivity index (χ0n) is 8.51. The van der Waals surface area contributed by atoms with Crippen LogP contribution in [-0.2, 0) is 23.9 Å². The lowest BCUT2D eigenvalue weighted by atomic mass is 10.2. The van der Waals surface area contributed by atoms with E-state index in [1.165, 1.54) is 0 Å². The molecule has 0 spiro atoms. The van der Waals surface area contributed by atoms with E-state index in [4.69, 9.17) is 0 Å². The highest BCUT2D eigenvalue weighted by molar-refractivity contribution is 5.76. The zero-order valence-corrected chi connectivity index (χ0v) is 8.51. The van der Waals surface area contributed by atoms with Gasteiger partial charge in [-0.2, -0.15) is 26.3 Å². The van der Waals surface area contributed by atoms with Crippen LogP contribution in [-0.4, -0.2) is 27.1 Å². The molecule has 0 saturated heterocycles. The topological polar surface area (TPSA) is 73.8 Å². The first kappa shape index (κ1) is 14.3.